The van der Waals surface area contributed by atoms with Gasteiger partial charge >= 0.3 is 6.61 Å². The molecule has 1 aliphatic carbocycles. The maximum Gasteiger partial charge on any atom is 0.387 e. The number of fused-ring (bicyclic) bond motifs is 1. The Morgan fingerprint density at radius 3 is 2.23 bits per heavy atom. The van der Waals surface area contributed by atoms with E-state index in [4.69, 9.17) is 25.8 Å². The van der Waals surface area contributed by atoms with Gasteiger partial charge in [0.25, 0.3) is 0 Å². The first-order chi connectivity index (χ1) is 32.9. The van der Waals surface area contributed by atoms with Crippen molar-refractivity contribution in [2.45, 2.75) is 108 Å². The van der Waals surface area contributed by atoms with Crippen molar-refractivity contribution in [2.75, 3.05) is 41.9 Å². The molecule has 0 radical (unpaired) electrons. The zero-order valence-electron chi connectivity index (χ0n) is 40.3. The molecule has 1 aromatic heterocycles. The summed E-state index contributed by atoms with van der Waals surface area (Å²) >= 11 is 6.18. The Morgan fingerprint density at radius 1 is 0.870 bits per heavy atom. The molecule has 0 spiro atoms. The Labute approximate surface area is 407 Å². The Balaban J connectivity index is 1.35. The fourth-order valence-corrected chi connectivity index (χ4v) is 9.09. The highest BCUT2D eigenvalue weighted by atomic mass is 35.5. The summed E-state index contributed by atoms with van der Waals surface area (Å²) in [5.41, 5.74) is 2.55. The lowest BCUT2D eigenvalue weighted by atomic mass is 9.88. The molecule has 1 saturated carbocycles. The summed E-state index contributed by atoms with van der Waals surface area (Å²) in [6.07, 6.45) is 4.23. The third kappa shape index (κ3) is 13.6. The molecule has 1 saturated heterocycles. The molecule has 2 N–H and O–H groups in total. The summed E-state index contributed by atoms with van der Waals surface area (Å²) < 4.78 is 46.9. The number of benzene rings is 3. The van der Waals surface area contributed by atoms with Crippen LogP contribution in [-0.2, 0) is 55.3 Å². The molecule has 2 heterocycles. The number of alkyl halides is 2. The zero-order valence-corrected chi connectivity index (χ0v) is 41.0. The molecule has 16 nitrogen and oxygen atoms in total. The number of amides is 5. The summed E-state index contributed by atoms with van der Waals surface area (Å²) in [6.45, 7) is -1.91. The number of carbonyl (C=O) groups is 5. The number of likely N-dealkylation sites (N-methyl/N-ethyl adjacent to an activating group) is 2. The van der Waals surface area contributed by atoms with E-state index < -0.39 is 49.0 Å². The van der Waals surface area contributed by atoms with Gasteiger partial charge in [0.1, 0.15) is 35.2 Å². The van der Waals surface area contributed by atoms with Gasteiger partial charge in [0.2, 0.25) is 29.5 Å². The number of imidazole rings is 1. The average Bonchev–Trinajstić information content (AvgIpc) is 3.67. The summed E-state index contributed by atoms with van der Waals surface area (Å²) in [6, 6.07) is 14.4. The van der Waals surface area contributed by atoms with E-state index in [0.717, 1.165) is 40.4 Å². The molecule has 1 aliphatic heterocycles. The normalized spacial score (nSPS) is 21.5. The summed E-state index contributed by atoms with van der Waals surface area (Å²) in [7, 11) is 10.4. The van der Waals surface area contributed by atoms with Gasteiger partial charge in [-0.05, 0) is 94.4 Å². The minimum absolute atomic E-state index is 0.0236. The van der Waals surface area contributed by atoms with Crippen LogP contribution >= 0.6 is 11.6 Å². The van der Waals surface area contributed by atoms with Crippen molar-refractivity contribution in [1.29, 1.82) is 0 Å². The lowest BCUT2D eigenvalue weighted by Gasteiger charge is -2.39. The lowest BCUT2D eigenvalue weighted by Crippen LogP contribution is -2.58. The molecule has 372 valence electrons. The van der Waals surface area contributed by atoms with Crippen molar-refractivity contribution in [2.24, 2.45) is 7.05 Å². The fourth-order valence-electron chi connectivity index (χ4n) is 8.96. The van der Waals surface area contributed by atoms with E-state index in [1.165, 1.54) is 37.1 Å². The standard InChI is InChI=1S/C50H63ClF2N8O8/c1-31-48(65)56-39(30-67-7)49(66)58(4)35(25-32-15-19-34(51)20-16-32)26-45(62)55-38-11-8-9-12-40(38)60(6)46(63)23-24-47(64)61(31)28-37-42(13-10-14-43(37)69-50(52)53)68-36-21-17-33(18-22-36)41-27-54-44(59(41)5)29-57(2)3/h10,13-22,27,31,35,38-40,50H,8-9,11-12,23-26,28-30H2,1-7H3,(H,55,62)(H,56,65)/t31-,35-,38-,39-,40-/m0/s1. The van der Waals surface area contributed by atoms with Crippen LogP contribution in [0.25, 0.3) is 11.3 Å². The number of nitrogens with one attached hydrogen (secondary N) is 2. The molecule has 69 heavy (non-hydrogen) atoms. The van der Waals surface area contributed by atoms with Crippen molar-refractivity contribution < 1.29 is 47.0 Å². The van der Waals surface area contributed by atoms with Crippen LogP contribution in [0.1, 0.15) is 68.8 Å². The Morgan fingerprint density at radius 2 is 1.55 bits per heavy atom. The minimum atomic E-state index is -3.26. The largest absolute Gasteiger partial charge is 0.457 e. The zero-order chi connectivity index (χ0) is 49.9. The summed E-state index contributed by atoms with van der Waals surface area (Å²) in [4.78, 5) is 82.0. The second-order valence-electron chi connectivity index (χ2n) is 18.0. The highest BCUT2D eigenvalue weighted by molar-refractivity contribution is 6.30. The van der Waals surface area contributed by atoms with Gasteiger partial charge in [0, 0.05) is 70.2 Å². The van der Waals surface area contributed by atoms with Crippen molar-refractivity contribution in [1.82, 2.24) is 39.8 Å². The number of nitrogens with zero attached hydrogens (tertiary/aromatic N) is 6. The molecule has 0 unspecified atom stereocenters. The van der Waals surface area contributed by atoms with Crippen LogP contribution in [0, 0.1) is 0 Å². The van der Waals surface area contributed by atoms with Gasteiger partial charge in [-0.2, -0.15) is 8.78 Å². The van der Waals surface area contributed by atoms with Crippen LogP contribution in [0.15, 0.2) is 72.9 Å². The SMILES string of the molecule is COC[C@@H]1NC(=O)[C@H](C)N(Cc2c(Oc3ccc(-c4cnc(CN(C)C)n4C)cc3)cccc2OC(F)F)C(=O)CCC(=O)N(C)[C@H]2CCCC[C@@H]2NC(=O)C[C@H](Cc2ccc(Cl)cc2)N(C)C1=O. The lowest BCUT2D eigenvalue weighted by molar-refractivity contribution is -0.145. The smallest absolute Gasteiger partial charge is 0.387 e. The second kappa shape index (κ2) is 23.9. The van der Waals surface area contributed by atoms with Gasteiger partial charge < -0.3 is 49.0 Å². The third-order valence-corrected chi connectivity index (χ3v) is 13.1. The van der Waals surface area contributed by atoms with E-state index in [2.05, 4.69) is 15.6 Å². The van der Waals surface area contributed by atoms with E-state index in [1.54, 1.807) is 49.5 Å². The van der Waals surface area contributed by atoms with Gasteiger partial charge in [0.15, 0.2) is 0 Å². The first-order valence-electron chi connectivity index (χ1n) is 23.1. The van der Waals surface area contributed by atoms with Gasteiger partial charge in [-0.15, -0.1) is 0 Å². The topological polar surface area (TPSA) is 168 Å². The molecule has 4 aromatic rings. The quantitative estimate of drug-likeness (QED) is 0.158. The number of halogens is 3. The van der Waals surface area contributed by atoms with Crippen molar-refractivity contribution in [3.63, 3.8) is 0 Å². The maximum absolute atomic E-state index is 14.5. The van der Waals surface area contributed by atoms with E-state index in [-0.39, 0.29) is 73.3 Å². The molecule has 19 heteroatoms. The summed E-state index contributed by atoms with van der Waals surface area (Å²) in [5, 5.41) is 6.41. The van der Waals surface area contributed by atoms with Gasteiger partial charge in [-0.25, -0.2) is 4.98 Å². The molecule has 5 amide bonds. The monoisotopic (exact) mass is 976 g/mol. The molecule has 2 aliphatic rings. The number of hydrogen-bond acceptors (Lipinski definition) is 10. The van der Waals surface area contributed by atoms with Crippen LogP contribution in [0.4, 0.5) is 8.78 Å². The van der Waals surface area contributed by atoms with Crippen molar-refractivity contribution in [3.8, 4) is 28.5 Å². The second-order valence-corrected chi connectivity index (χ2v) is 18.4. The predicted molar refractivity (Wildman–Crippen MR) is 256 cm³/mol. The predicted octanol–water partition coefficient (Wildman–Crippen LogP) is 6.18. The molecule has 6 rings (SSSR count). The Kier molecular flexibility index (Phi) is 18.1. The number of methoxy groups -OCH3 is 1. The van der Waals surface area contributed by atoms with Crippen molar-refractivity contribution in [3.05, 3.63) is 94.9 Å². The van der Waals surface area contributed by atoms with Crippen LogP contribution in [-0.4, -0.2) is 137 Å². The van der Waals surface area contributed by atoms with Crippen LogP contribution < -0.4 is 20.1 Å². The van der Waals surface area contributed by atoms with E-state index in [1.807, 2.05) is 54.9 Å². The highest BCUT2D eigenvalue weighted by Crippen LogP contribution is 2.36. The number of rotatable bonds is 13. The van der Waals surface area contributed by atoms with E-state index >= 15 is 0 Å². The Bertz CT molecular complexity index is 2420. The molecular formula is C50H63ClF2N8O8. The Hall–Kier alpha value is -6.11. The number of aromatic nitrogens is 2. The maximum atomic E-state index is 14.5. The van der Waals surface area contributed by atoms with Gasteiger partial charge in [0.05, 0.1) is 43.2 Å². The average molecular weight is 978 g/mol. The number of hydrogen-bond donors (Lipinski definition) is 2. The first-order valence-corrected chi connectivity index (χ1v) is 23.5. The molecular weight excluding hydrogens is 914 g/mol. The molecule has 3 aromatic carbocycles. The fraction of sp³-hybridized carbons (Fsp3) is 0.480. The van der Waals surface area contributed by atoms with Crippen LogP contribution in [0.3, 0.4) is 0 Å². The number of ether oxygens (including phenoxy) is 3. The molecule has 0 bridgehead atoms. The number of carbonyl (C=O) groups excluding carboxylic acids is 5. The van der Waals surface area contributed by atoms with E-state index in [0.29, 0.717) is 30.2 Å². The van der Waals surface area contributed by atoms with Crippen LogP contribution in [0.2, 0.25) is 5.02 Å². The molecule has 2 fully saturated rings. The summed E-state index contributed by atoms with van der Waals surface area (Å²) in [5.74, 6) is -1.68. The van der Waals surface area contributed by atoms with Crippen molar-refractivity contribution >= 4 is 41.1 Å². The van der Waals surface area contributed by atoms with Gasteiger partial charge in [-0.1, -0.05) is 42.6 Å². The first kappa shape index (κ1) is 52.3. The minimum Gasteiger partial charge on any atom is -0.457 e. The van der Waals surface area contributed by atoms with Crippen LogP contribution in [0.5, 0.6) is 17.2 Å². The highest BCUT2D eigenvalue weighted by Gasteiger charge is 2.37. The molecule has 5 atom stereocenters. The van der Waals surface area contributed by atoms with E-state index in [9.17, 15) is 32.8 Å². The van der Waals surface area contributed by atoms with Gasteiger partial charge in [-0.3, -0.25) is 24.0 Å². The third-order valence-electron chi connectivity index (χ3n) is 12.9.